The summed E-state index contributed by atoms with van der Waals surface area (Å²) in [5.41, 5.74) is 2.08. The van der Waals surface area contributed by atoms with Gasteiger partial charge in [-0.1, -0.05) is 82.8 Å². The zero-order chi connectivity index (χ0) is 23.3. The molecule has 168 valence electrons. The summed E-state index contributed by atoms with van der Waals surface area (Å²) in [7, 11) is 0. The van der Waals surface area contributed by atoms with Crippen molar-refractivity contribution in [1.29, 1.82) is 0 Å². The zero-order valence-electron chi connectivity index (χ0n) is 16.7. The molecule has 3 rings (SSSR count). The van der Waals surface area contributed by atoms with Gasteiger partial charge in [-0.25, -0.2) is 4.79 Å². The molecule has 0 spiro atoms. The van der Waals surface area contributed by atoms with Crippen LogP contribution in [0, 0.1) is 0 Å². The average Bonchev–Trinajstić information content (AvgIpc) is 3.17. The molecule has 32 heavy (non-hydrogen) atoms. The Morgan fingerprint density at radius 2 is 1.81 bits per heavy atom. The maximum Gasteiger partial charge on any atom is 0.341 e. The molecule has 0 saturated carbocycles. The first-order valence-corrected chi connectivity index (χ1v) is 11.8. The molecule has 5 nitrogen and oxygen atoms in total. The smallest absolute Gasteiger partial charge is 0.341 e. The van der Waals surface area contributed by atoms with Crippen molar-refractivity contribution in [1.82, 2.24) is 5.32 Å². The summed E-state index contributed by atoms with van der Waals surface area (Å²) in [6.07, 6.45) is -1.16. The molecule has 0 aliphatic rings. The van der Waals surface area contributed by atoms with Crippen LogP contribution in [0.15, 0.2) is 60.0 Å². The van der Waals surface area contributed by atoms with Crippen molar-refractivity contribution < 1.29 is 14.3 Å². The first kappa shape index (κ1) is 24.7. The van der Waals surface area contributed by atoms with Crippen molar-refractivity contribution in [2.24, 2.45) is 0 Å². The first-order chi connectivity index (χ1) is 15.2. The van der Waals surface area contributed by atoms with E-state index in [2.05, 4.69) is 10.6 Å². The fourth-order valence-electron chi connectivity index (χ4n) is 2.88. The molecule has 0 unspecified atom stereocenters. The highest BCUT2D eigenvalue weighted by Gasteiger charge is 2.36. The van der Waals surface area contributed by atoms with Crippen molar-refractivity contribution in [2.45, 2.75) is 16.9 Å². The van der Waals surface area contributed by atoms with E-state index >= 15 is 0 Å². The van der Waals surface area contributed by atoms with Crippen LogP contribution in [0.25, 0.3) is 11.1 Å². The zero-order valence-corrected chi connectivity index (χ0v) is 20.5. The molecule has 1 amide bonds. The molecule has 0 bridgehead atoms. The van der Waals surface area contributed by atoms with Crippen LogP contribution in [0.2, 0.25) is 5.02 Å². The summed E-state index contributed by atoms with van der Waals surface area (Å²) in [6.45, 7) is 1.91. The Kier molecular flexibility index (Phi) is 8.31. The van der Waals surface area contributed by atoms with Gasteiger partial charge >= 0.3 is 5.97 Å². The Morgan fingerprint density at radius 3 is 2.44 bits per heavy atom. The number of anilines is 1. The predicted molar refractivity (Wildman–Crippen MR) is 132 cm³/mol. The molecule has 0 aliphatic heterocycles. The molecule has 0 aliphatic carbocycles. The van der Waals surface area contributed by atoms with E-state index in [0.717, 1.165) is 5.56 Å². The van der Waals surface area contributed by atoms with E-state index in [4.69, 9.17) is 51.1 Å². The number of carbonyl (C=O) groups excluding carboxylic acids is 2. The van der Waals surface area contributed by atoms with Crippen LogP contribution in [0.5, 0.6) is 0 Å². The standard InChI is InChI=1S/C22H18Cl4N2O3S/c1-2-31-20(30)17-16(13-7-4-3-5-8-13)12-32-19(17)28-21(22(24,25)26)27-18(29)14-9-6-10-15(23)11-14/h3-12,21,28H,2H2,1H3,(H,27,29)/t21-/m0/s1. The van der Waals surface area contributed by atoms with Crippen LogP contribution in [0.1, 0.15) is 27.6 Å². The number of nitrogens with one attached hydrogen (secondary N) is 2. The van der Waals surface area contributed by atoms with Gasteiger partial charge in [-0.3, -0.25) is 4.79 Å². The van der Waals surface area contributed by atoms with E-state index < -0.39 is 21.8 Å². The third-order valence-corrected chi connectivity index (χ3v) is 6.12. The van der Waals surface area contributed by atoms with Crippen LogP contribution in [0.3, 0.4) is 0 Å². The molecule has 1 heterocycles. The summed E-state index contributed by atoms with van der Waals surface area (Å²) in [5.74, 6) is -1.03. The van der Waals surface area contributed by atoms with E-state index in [1.54, 1.807) is 30.5 Å². The lowest BCUT2D eigenvalue weighted by Crippen LogP contribution is -2.49. The van der Waals surface area contributed by atoms with E-state index in [1.165, 1.54) is 17.4 Å². The van der Waals surface area contributed by atoms with Gasteiger partial charge in [0.15, 0.2) is 0 Å². The minimum absolute atomic E-state index is 0.196. The fourth-order valence-corrected chi connectivity index (χ4v) is 4.38. The number of alkyl halides is 3. The number of esters is 1. The molecule has 0 radical (unpaired) electrons. The molecule has 2 N–H and O–H groups in total. The minimum atomic E-state index is -1.93. The summed E-state index contributed by atoms with van der Waals surface area (Å²) < 4.78 is 3.31. The van der Waals surface area contributed by atoms with Gasteiger partial charge in [-0.2, -0.15) is 0 Å². The lowest BCUT2D eigenvalue weighted by molar-refractivity contribution is 0.0529. The quantitative estimate of drug-likeness (QED) is 0.200. The van der Waals surface area contributed by atoms with Gasteiger partial charge in [-0.15, -0.1) is 11.3 Å². The van der Waals surface area contributed by atoms with Crippen LogP contribution in [-0.2, 0) is 4.74 Å². The number of hydrogen-bond donors (Lipinski definition) is 2. The SMILES string of the molecule is CCOC(=O)c1c(-c2ccccc2)csc1N[C@H](NC(=O)c1cccc(Cl)c1)C(Cl)(Cl)Cl. The van der Waals surface area contributed by atoms with Crippen molar-refractivity contribution >= 4 is 74.6 Å². The summed E-state index contributed by atoms with van der Waals surface area (Å²) in [5, 5.41) is 8.23. The molecule has 1 atom stereocenters. The Labute approximate surface area is 209 Å². The largest absolute Gasteiger partial charge is 0.462 e. The third kappa shape index (κ3) is 6.09. The Bertz CT molecular complexity index is 1100. The van der Waals surface area contributed by atoms with E-state index in [1.807, 2.05) is 30.3 Å². The number of ether oxygens (including phenoxy) is 1. The van der Waals surface area contributed by atoms with Gasteiger partial charge in [0, 0.05) is 21.5 Å². The van der Waals surface area contributed by atoms with Crippen LogP contribution < -0.4 is 10.6 Å². The van der Waals surface area contributed by atoms with Crippen molar-refractivity contribution in [3.8, 4) is 11.1 Å². The highest BCUT2D eigenvalue weighted by molar-refractivity contribution is 7.15. The van der Waals surface area contributed by atoms with Gasteiger partial charge in [-0.05, 0) is 30.7 Å². The van der Waals surface area contributed by atoms with Gasteiger partial charge < -0.3 is 15.4 Å². The molecule has 0 fully saturated rings. The van der Waals surface area contributed by atoms with Crippen LogP contribution in [0.4, 0.5) is 5.00 Å². The van der Waals surface area contributed by atoms with Gasteiger partial charge in [0.2, 0.25) is 3.79 Å². The van der Waals surface area contributed by atoms with Crippen molar-refractivity contribution in [2.75, 3.05) is 11.9 Å². The maximum absolute atomic E-state index is 12.8. The number of benzene rings is 2. The molecule has 10 heteroatoms. The minimum Gasteiger partial charge on any atom is -0.462 e. The van der Waals surface area contributed by atoms with Crippen molar-refractivity contribution in [3.05, 3.63) is 76.1 Å². The summed E-state index contributed by atoms with van der Waals surface area (Å²) >= 11 is 25.6. The topological polar surface area (TPSA) is 67.4 Å². The summed E-state index contributed by atoms with van der Waals surface area (Å²) in [4.78, 5) is 25.5. The Hall–Kier alpha value is -1.96. The monoisotopic (exact) mass is 530 g/mol. The Morgan fingerprint density at radius 1 is 1.09 bits per heavy atom. The lowest BCUT2D eigenvalue weighted by Gasteiger charge is -2.27. The summed E-state index contributed by atoms with van der Waals surface area (Å²) in [6, 6.07) is 15.7. The Balaban J connectivity index is 1.95. The molecular formula is C22H18Cl4N2O3S. The number of amides is 1. The second-order valence-electron chi connectivity index (χ2n) is 6.54. The molecule has 1 aromatic heterocycles. The normalized spacial score (nSPS) is 12.2. The average molecular weight is 532 g/mol. The third-order valence-electron chi connectivity index (χ3n) is 4.32. The van der Waals surface area contributed by atoms with Gasteiger partial charge in [0.05, 0.1) is 6.61 Å². The van der Waals surface area contributed by atoms with Crippen LogP contribution in [-0.4, -0.2) is 28.4 Å². The van der Waals surface area contributed by atoms with Crippen LogP contribution >= 0.6 is 57.7 Å². The number of carbonyl (C=O) groups is 2. The second kappa shape index (κ2) is 10.8. The number of thiophene rings is 1. The predicted octanol–water partition coefficient (Wildman–Crippen LogP) is 6.78. The number of rotatable bonds is 7. The number of hydrogen-bond acceptors (Lipinski definition) is 5. The molecule has 2 aromatic carbocycles. The lowest BCUT2D eigenvalue weighted by atomic mass is 10.0. The maximum atomic E-state index is 12.8. The number of halogens is 4. The van der Waals surface area contributed by atoms with Crippen molar-refractivity contribution in [3.63, 3.8) is 0 Å². The highest BCUT2D eigenvalue weighted by atomic mass is 35.6. The van der Waals surface area contributed by atoms with E-state index in [0.29, 0.717) is 26.7 Å². The van der Waals surface area contributed by atoms with E-state index in [9.17, 15) is 9.59 Å². The highest BCUT2D eigenvalue weighted by Crippen LogP contribution is 2.39. The molecule has 0 saturated heterocycles. The molecular weight excluding hydrogens is 514 g/mol. The fraction of sp³-hybridized carbons (Fsp3) is 0.182. The van der Waals surface area contributed by atoms with E-state index in [-0.39, 0.29) is 6.61 Å². The molecule has 3 aromatic rings. The second-order valence-corrected chi connectivity index (χ2v) is 10.2. The van der Waals surface area contributed by atoms with Gasteiger partial charge in [0.1, 0.15) is 16.7 Å². The van der Waals surface area contributed by atoms with Gasteiger partial charge in [0.25, 0.3) is 5.91 Å². The first-order valence-electron chi connectivity index (χ1n) is 9.44.